The van der Waals surface area contributed by atoms with Gasteiger partial charge in [-0.25, -0.2) is 4.74 Å². The summed E-state index contributed by atoms with van der Waals surface area (Å²) in [5.74, 6) is -0.218. The molecule has 0 saturated carbocycles. The van der Waals surface area contributed by atoms with Gasteiger partial charge in [0, 0.05) is 13.5 Å². The molecule has 1 aromatic rings. The Morgan fingerprint density at radius 1 is 1.38 bits per heavy atom. The van der Waals surface area contributed by atoms with Gasteiger partial charge in [0.05, 0.1) is 11.3 Å². The minimum atomic E-state index is -0.218. The third-order valence-electron chi connectivity index (χ3n) is 2.70. The lowest BCUT2D eigenvalue weighted by molar-refractivity contribution is -0.456. The van der Waals surface area contributed by atoms with E-state index in [-0.39, 0.29) is 11.6 Å². The summed E-state index contributed by atoms with van der Waals surface area (Å²) in [6.45, 7) is 2.27. The van der Waals surface area contributed by atoms with Crippen LogP contribution in [0.2, 0.25) is 0 Å². The summed E-state index contributed by atoms with van der Waals surface area (Å²) in [6, 6.07) is 7.36. The molecular weight excluding hydrogens is 204 g/mol. The first-order valence-electron chi connectivity index (χ1n) is 5.36. The molecule has 0 fully saturated rings. The smallest absolute Gasteiger partial charge is 0.324 e. The van der Waals surface area contributed by atoms with E-state index in [0.29, 0.717) is 6.54 Å². The van der Waals surface area contributed by atoms with Crippen molar-refractivity contribution in [3.05, 3.63) is 35.0 Å². The minimum Gasteiger partial charge on any atom is -0.623 e. The van der Waals surface area contributed by atoms with Crippen LogP contribution in [0.15, 0.2) is 24.3 Å². The summed E-state index contributed by atoms with van der Waals surface area (Å²) in [5, 5.41) is 11.8. The molecule has 0 spiro atoms. The first-order chi connectivity index (χ1) is 7.66. The second-order valence-corrected chi connectivity index (χ2v) is 3.83. The van der Waals surface area contributed by atoms with Crippen molar-refractivity contribution in [2.75, 3.05) is 18.5 Å². The van der Waals surface area contributed by atoms with Crippen molar-refractivity contribution in [1.82, 2.24) is 0 Å². The van der Waals surface area contributed by atoms with Crippen LogP contribution in [-0.2, 0) is 4.79 Å². The molecule has 0 radical (unpaired) electrons. The Bertz CT molecular complexity index is 466. The maximum absolute atomic E-state index is 11.9. The molecule has 1 aliphatic rings. The van der Waals surface area contributed by atoms with Gasteiger partial charge in [0.25, 0.3) is 5.71 Å². The maximum Gasteiger partial charge on any atom is 0.324 e. The third kappa shape index (κ3) is 1.46. The summed E-state index contributed by atoms with van der Waals surface area (Å²) >= 11 is 0. The highest BCUT2D eigenvalue weighted by Crippen LogP contribution is 2.27. The summed E-state index contributed by atoms with van der Waals surface area (Å²) in [4.78, 5) is 13.4. The number of rotatable bonds is 2. The van der Waals surface area contributed by atoms with Crippen molar-refractivity contribution >= 4 is 17.3 Å². The van der Waals surface area contributed by atoms with E-state index in [1.54, 1.807) is 7.05 Å². The Morgan fingerprint density at radius 3 is 2.75 bits per heavy atom. The van der Waals surface area contributed by atoms with Crippen LogP contribution in [0, 0.1) is 5.21 Å². The highest BCUT2D eigenvalue weighted by molar-refractivity contribution is 6.52. The molecule has 1 amide bonds. The zero-order chi connectivity index (χ0) is 11.7. The van der Waals surface area contributed by atoms with E-state index in [0.717, 1.165) is 22.4 Å². The fraction of sp³-hybridized carbons (Fsp3) is 0.333. The van der Waals surface area contributed by atoms with Gasteiger partial charge in [-0.15, -0.1) is 0 Å². The molecule has 0 aliphatic carbocycles. The van der Waals surface area contributed by atoms with Gasteiger partial charge in [-0.2, -0.15) is 0 Å². The molecule has 0 N–H and O–H groups in total. The molecule has 0 saturated heterocycles. The fourth-order valence-corrected chi connectivity index (χ4v) is 1.91. The molecule has 16 heavy (non-hydrogen) atoms. The van der Waals surface area contributed by atoms with Crippen LogP contribution >= 0.6 is 0 Å². The molecular formula is C12H14N2O2. The summed E-state index contributed by atoms with van der Waals surface area (Å²) < 4.78 is 0.796. The Hall–Kier alpha value is -1.84. The predicted molar refractivity (Wildman–Crippen MR) is 62.7 cm³/mol. The van der Waals surface area contributed by atoms with Crippen LogP contribution in [0.3, 0.4) is 0 Å². The molecule has 0 bridgehead atoms. The number of para-hydroxylation sites is 1. The van der Waals surface area contributed by atoms with Crippen LogP contribution in [0.5, 0.6) is 0 Å². The standard InChI is InChI=1S/C12H14N2O2/c1-3-8-14(16)11-9-6-4-5-7-10(9)13(2)12(11)15/h4-7H,3,8H2,1-2H3/b14-11+. The van der Waals surface area contributed by atoms with Crippen molar-refractivity contribution in [3.8, 4) is 0 Å². The van der Waals surface area contributed by atoms with E-state index in [1.807, 2.05) is 31.2 Å². The van der Waals surface area contributed by atoms with Gasteiger partial charge in [-0.1, -0.05) is 19.1 Å². The first kappa shape index (κ1) is 10.7. The molecule has 4 heteroatoms. The highest BCUT2D eigenvalue weighted by Gasteiger charge is 2.36. The zero-order valence-corrected chi connectivity index (χ0v) is 9.43. The molecule has 84 valence electrons. The van der Waals surface area contributed by atoms with Gasteiger partial charge in [0.15, 0.2) is 6.54 Å². The van der Waals surface area contributed by atoms with E-state index >= 15 is 0 Å². The Morgan fingerprint density at radius 2 is 2.06 bits per heavy atom. The van der Waals surface area contributed by atoms with Gasteiger partial charge in [0.1, 0.15) is 0 Å². The number of hydroxylamine groups is 1. The van der Waals surface area contributed by atoms with E-state index in [2.05, 4.69) is 0 Å². The molecule has 4 nitrogen and oxygen atoms in total. The second kappa shape index (κ2) is 3.96. The molecule has 1 aliphatic heterocycles. The summed E-state index contributed by atoms with van der Waals surface area (Å²) in [6.07, 6.45) is 0.728. The Labute approximate surface area is 94.4 Å². The van der Waals surface area contributed by atoms with Gasteiger partial charge in [0.2, 0.25) is 0 Å². The predicted octanol–water partition coefficient (Wildman–Crippen LogP) is 1.37. The van der Waals surface area contributed by atoms with Crippen molar-refractivity contribution in [2.24, 2.45) is 0 Å². The van der Waals surface area contributed by atoms with E-state index in [9.17, 15) is 10.0 Å². The quantitative estimate of drug-likeness (QED) is 0.427. The number of nitrogens with zero attached hydrogens (tertiary/aromatic N) is 2. The fourth-order valence-electron chi connectivity index (χ4n) is 1.91. The topological polar surface area (TPSA) is 46.4 Å². The van der Waals surface area contributed by atoms with Crippen molar-refractivity contribution < 1.29 is 9.53 Å². The molecule has 1 heterocycles. The molecule has 0 aromatic heterocycles. The van der Waals surface area contributed by atoms with E-state index in [4.69, 9.17) is 0 Å². The number of benzene rings is 1. The number of hydrogen-bond donors (Lipinski definition) is 0. The number of carbonyl (C=O) groups excluding carboxylic acids is 1. The number of amides is 1. The average molecular weight is 218 g/mol. The number of anilines is 1. The van der Waals surface area contributed by atoms with Gasteiger partial charge < -0.3 is 10.1 Å². The molecule has 0 atom stereocenters. The Balaban J connectivity index is 2.57. The van der Waals surface area contributed by atoms with Crippen LogP contribution < -0.4 is 4.90 Å². The number of hydrogen-bond acceptors (Lipinski definition) is 2. The van der Waals surface area contributed by atoms with Crippen LogP contribution in [0.25, 0.3) is 0 Å². The lowest BCUT2D eigenvalue weighted by atomic mass is 10.1. The average Bonchev–Trinajstić information content (AvgIpc) is 2.53. The normalized spacial score (nSPS) is 17.6. The van der Waals surface area contributed by atoms with Gasteiger partial charge in [-0.05, 0) is 12.1 Å². The second-order valence-electron chi connectivity index (χ2n) is 3.83. The zero-order valence-electron chi connectivity index (χ0n) is 9.43. The van der Waals surface area contributed by atoms with Crippen molar-refractivity contribution in [1.29, 1.82) is 0 Å². The number of carbonyl (C=O) groups is 1. The van der Waals surface area contributed by atoms with Crippen LogP contribution in [-0.4, -0.2) is 30.0 Å². The van der Waals surface area contributed by atoms with Gasteiger partial charge >= 0.3 is 5.91 Å². The third-order valence-corrected chi connectivity index (χ3v) is 2.70. The molecule has 1 aromatic carbocycles. The van der Waals surface area contributed by atoms with Crippen LogP contribution in [0.1, 0.15) is 18.9 Å². The minimum absolute atomic E-state index is 0.218. The van der Waals surface area contributed by atoms with Crippen LogP contribution in [0.4, 0.5) is 5.69 Å². The lowest BCUT2D eigenvalue weighted by Gasteiger charge is -2.07. The summed E-state index contributed by atoms with van der Waals surface area (Å²) in [7, 11) is 1.69. The number of fused-ring (bicyclic) bond motifs is 1. The van der Waals surface area contributed by atoms with E-state index in [1.165, 1.54) is 4.90 Å². The molecule has 2 rings (SSSR count). The van der Waals surface area contributed by atoms with Gasteiger partial charge in [-0.3, -0.25) is 4.79 Å². The van der Waals surface area contributed by atoms with Crippen molar-refractivity contribution in [2.45, 2.75) is 13.3 Å². The maximum atomic E-state index is 11.9. The molecule has 0 unspecified atom stereocenters. The monoisotopic (exact) mass is 218 g/mol. The summed E-state index contributed by atoms with van der Waals surface area (Å²) in [5.41, 5.74) is 1.80. The number of likely N-dealkylation sites (N-methyl/N-ethyl adjacent to an activating group) is 1. The lowest BCUT2D eigenvalue weighted by Crippen LogP contribution is -2.31. The van der Waals surface area contributed by atoms with Crippen molar-refractivity contribution in [3.63, 3.8) is 0 Å². The van der Waals surface area contributed by atoms with E-state index < -0.39 is 0 Å². The SMILES string of the molecule is CCC/[N+]([O-])=C1\C(=O)N(C)c2ccccc21. The Kier molecular flexibility index (Phi) is 2.64. The largest absolute Gasteiger partial charge is 0.623 e. The first-order valence-corrected chi connectivity index (χ1v) is 5.36. The highest BCUT2D eigenvalue weighted by atomic mass is 16.5.